The van der Waals surface area contributed by atoms with Crippen LogP contribution < -0.4 is 5.73 Å². The predicted molar refractivity (Wildman–Crippen MR) is 67.2 cm³/mol. The number of nitrogen functional groups attached to an aromatic ring is 1. The zero-order valence-electron chi connectivity index (χ0n) is 8.70. The van der Waals surface area contributed by atoms with Crippen LogP contribution in [-0.4, -0.2) is 17.1 Å². The Hall–Kier alpha value is -2.23. The van der Waals surface area contributed by atoms with Crippen molar-refractivity contribution in [2.24, 2.45) is 4.99 Å². The van der Waals surface area contributed by atoms with Crippen LogP contribution in [0.2, 0.25) is 0 Å². The molecule has 0 aromatic heterocycles. The van der Waals surface area contributed by atoms with Gasteiger partial charge in [0.1, 0.15) is 0 Å². The quantitative estimate of drug-likeness (QED) is 0.613. The van der Waals surface area contributed by atoms with Gasteiger partial charge in [0.2, 0.25) is 0 Å². The van der Waals surface area contributed by atoms with Gasteiger partial charge in [-0.15, -0.1) is 0 Å². The molecule has 0 atom stereocenters. The van der Waals surface area contributed by atoms with Crippen molar-refractivity contribution in [1.29, 1.82) is 10.8 Å². The molecule has 0 amide bonds. The third-order valence-electron chi connectivity index (χ3n) is 2.26. The summed E-state index contributed by atoms with van der Waals surface area (Å²) in [5.41, 5.74) is 8.47. The molecule has 16 heavy (non-hydrogen) atoms. The van der Waals surface area contributed by atoms with Gasteiger partial charge in [-0.1, -0.05) is 0 Å². The average Bonchev–Trinajstić information content (AvgIpc) is 2.25. The molecule has 0 unspecified atom stereocenters. The third-order valence-corrected chi connectivity index (χ3v) is 2.26. The number of benzene rings is 1. The summed E-state index contributed by atoms with van der Waals surface area (Å²) >= 11 is 0. The first-order valence-electron chi connectivity index (χ1n) is 4.93. The van der Waals surface area contributed by atoms with Crippen LogP contribution in [0, 0.1) is 10.8 Å². The van der Waals surface area contributed by atoms with Gasteiger partial charge in [0, 0.05) is 17.8 Å². The highest BCUT2D eigenvalue weighted by Gasteiger charge is 2.11. The lowest BCUT2D eigenvalue weighted by Crippen LogP contribution is -2.18. The number of rotatable bonds is 1. The Labute approximate surface area is 93.5 Å². The summed E-state index contributed by atoms with van der Waals surface area (Å²) in [5.74, 6) is 0. The van der Waals surface area contributed by atoms with E-state index in [1.807, 2.05) is 12.1 Å². The van der Waals surface area contributed by atoms with Gasteiger partial charge in [-0.05, 0) is 36.4 Å². The smallest absolute Gasteiger partial charge is 0.0849 e. The number of nitrogens with zero attached hydrogens (tertiary/aromatic N) is 1. The van der Waals surface area contributed by atoms with Crippen molar-refractivity contribution in [2.75, 3.05) is 5.73 Å². The van der Waals surface area contributed by atoms with Gasteiger partial charge in [-0.3, -0.25) is 0 Å². The first kappa shape index (κ1) is 10.3. The summed E-state index contributed by atoms with van der Waals surface area (Å²) in [6.07, 6.45) is 3.73. The first-order chi connectivity index (χ1) is 7.65. The molecule has 1 aromatic carbocycles. The maximum absolute atomic E-state index is 7.72. The van der Waals surface area contributed by atoms with Crippen LogP contribution in [0.25, 0.3) is 0 Å². The Bertz CT molecular complexity index is 494. The number of nitrogens with two attached hydrogens (primary N) is 1. The molecule has 1 aromatic rings. The van der Waals surface area contributed by atoms with E-state index in [4.69, 9.17) is 16.6 Å². The molecular formula is C12H12N4. The van der Waals surface area contributed by atoms with E-state index in [2.05, 4.69) is 4.99 Å². The number of allylic oxidation sites excluding steroid dienone is 2. The van der Waals surface area contributed by atoms with E-state index in [0.29, 0.717) is 29.2 Å². The Balaban J connectivity index is 2.31. The third kappa shape index (κ3) is 2.23. The standard InChI is InChI=1S/C12H12N4/c13-8-1-4-10(5-2-8)16-12-6-3-9(14)7-11(12)15/h1-6,14-15H,7,13H2. The van der Waals surface area contributed by atoms with E-state index in [0.717, 1.165) is 5.69 Å². The second-order valence-corrected chi connectivity index (χ2v) is 3.60. The predicted octanol–water partition coefficient (Wildman–Crippen LogP) is 2.34. The number of hydrogen-bond donors (Lipinski definition) is 3. The van der Waals surface area contributed by atoms with Crippen molar-refractivity contribution in [3.05, 3.63) is 36.4 Å². The highest BCUT2D eigenvalue weighted by Crippen LogP contribution is 2.16. The Morgan fingerprint density at radius 2 is 1.75 bits per heavy atom. The fourth-order valence-electron chi connectivity index (χ4n) is 1.41. The molecular weight excluding hydrogens is 200 g/mol. The summed E-state index contributed by atoms with van der Waals surface area (Å²) in [7, 11) is 0. The number of aliphatic imine (C=N–C) groups is 1. The largest absolute Gasteiger partial charge is 0.399 e. The maximum Gasteiger partial charge on any atom is 0.0849 e. The zero-order chi connectivity index (χ0) is 11.5. The summed E-state index contributed by atoms with van der Waals surface area (Å²) in [6.45, 7) is 0. The molecule has 80 valence electrons. The molecule has 1 aliphatic rings. The molecule has 0 spiro atoms. The van der Waals surface area contributed by atoms with E-state index < -0.39 is 0 Å². The van der Waals surface area contributed by atoms with Gasteiger partial charge < -0.3 is 16.6 Å². The van der Waals surface area contributed by atoms with Crippen molar-refractivity contribution in [2.45, 2.75) is 6.42 Å². The second-order valence-electron chi connectivity index (χ2n) is 3.60. The minimum atomic E-state index is 0.351. The molecule has 0 saturated carbocycles. The van der Waals surface area contributed by atoms with Crippen LogP contribution in [0.4, 0.5) is 11.4 Å². The molecule has 0 radical (unpaired) electrons. The highest BCUT2D eigenvalue weighted by atomic mass is 14.8. The molecule has 1 aliphatic carbocycles. The first-order valence-corrected chi connectivity index (χ1v) is 4.93. The SMILES string of the molecule is N=C1C=CC(=Nc2ccc(N)cc2)C(=N)C1. The molecule has 0 aliphatic heterocycles. The molecule has 0 heterocycles. The van der Waals surface area contributed by atoms with Gasteiger partial charge >= 0.3 is 0 Å². The van der Waals surface area contributed by atoms with Crippen molar-refractivity contribution in [1.82, 2.24) is 0 Å². The van der Waals surface area contributed by atoms with Crippen LogP contribution in [0.3, 0.4) is 0 Å². The summed E-state index contributed by atoms with van der Waals surface area (Å²) in [5, 5.41) is 15.1. The van der Waals surface area contributed by atoms with Crippen molar-refractivity contribution in [3.63, 3.8) is 0 Å². The molecule has 4 nitrogen and oxygen atoms in total. The topological polar surface area (TPSA) is 86.1 Å². The van der Waals surface area contributed by atoms with Gasteiger partial charge in [0.25, 0.3) is 0 Å². The fourth-order valence-corrected chi connectivity index (χ4v) is 1.41. The number of hydrogen-bond acceptors (Lipinski definition) is 4. The Morgan fingerprint density at radius 1 is 1.06 bits per heavy atom. The fraction of sp³-hybridized carbons (Fsp3) is 0.0833. The Kier molecular flexibility index (Phi) is 2.64. The minimum absolute atomic E-state index is 0.351. The van der Waals surface area contributed by atoms with Crippen molar-refractivity contribution >= 4 is 28.5 Å². The number of anilines is 1. The lowest BCUT2D eigenvalue weighted by molar-refractivity contribution is 1.37. The molecule has 2 rings (SSSR count). The molecule has 0 fully saturated rings. The van der Waals surface area contributed by atoms with Crippen LogP contribution in [0.15, 0.2) is 41.4 Å². The van der Waals surface area contributed by atoms with E-state index in [9.17, 15) is 0 Å². The monoisotopic (exact) mass is 212 g/mol. The second kappa shape index (κ2) is 4.10. The lowest BCUT2D eigenvalue weighted by Gasteiger charge is -2.09. The van der Waals surface area contributed by atoms with Crippen LogP contribution in [-0.2, 0) is 0 Å². The van der Waals surface area contributed by atoms with E-state index in [1.165, 1.54) is 0 Å². The van der Waals surface area contributed by atoms with Gasteiger partial charge in [0.05, 0.1) is 17.1 Å². The normalized spacial score (nSPS) is 18.1. The van der Waals surface area contributed by atoms with Crippen LogP contribution in [0.5, 0.6) is 0 Å². The van der Waals surface area contributed by atoms with Crippen LogP contribution >= 0.6 is 0 Å². The molecule has 0 saturated heterocycles. The van der Waals surface area contributed by atoms with Crippen molar-refractivity contribution < 1.29 is 0 Å². The van der Waals surface area contributed by atoms with Crippen LogP contribution in [0.1, 0.15) is 6.42 Å². The molecule has 4 N–H and O–H groups in total. The molecule has 0 bridgehead atoms. The molecule has 4 heteroatoms. The van der Waals surface area contributed by atoms with Crippen molar-refractivity contribution in [3.8, 4) is 0 Å². The summed E-state index contributed by atoms with van der Waals surface area (Å²) in [4.78, 5) is 4.33. The van der Waals surface area contributed by atoms with E-state index >= 15 is 0 Å². The summed E-state index contributed by atoms with van der Waals surface area (Å²) < 4.78 is 0. The average molecular weight is 212 g/mol. The van der Waals surface area contributed by atoms with E-state index in [1.54, 1.807) is 24.3 Å². The van der Waals surface area contributed by atoms with Gasteiger partial charge in [-0.25, -0.2) is 4.99 Å². The Morgan fingerprint density at radius 3 is 2.38 bits per heavy atom. The highest BCUT2D eigenvalue weighted by molar-refractivity contribution is 6.51. The minimum Gasteiger partial charge on any atom is -0.399 e. The zero-order valence-corrected chi connectivity index (χ0v) is 8.70. The lowest BCUT2D eigenvalue weighted by atomic mass is 10.0. The number of nitrogens with one attached hydrogen (secondary N) is 2. The maximum atomic E-state index is 7.72. The van der Waals surface area contributed by atoms with E-state index in [-0.39, 0.29) is 0 Å². The van der Waals surface area contributed by atoms with Gasteiger partial charge in [0.15, 0.2) is 0 Å². The van der Waals surface area contributed by atoms with Gasteiger partial charge in [-0.2, -0.15) is 0 Å². The summed E-state index contributed by atoms with van der Waals surface area (Å²) in [6, 6.07) is 7.17.